The van der Waals surface area contributed by atoms with Crippen molar-refractivity contribution in [1.82, 2.24) is 15.2 Å². The number of hydrogen-bond donors (Lipinski definition) is 1. The number of aromatic amines is 1. The Morgan fingerprint density at radius 1 is 1.30 bits per heavy atom. The lowest BCUT2D eigenvalue weighted by molar-refractivity contribution is 0.684. The van der Waals surface area contributed by atoms with Crippen molar-refractivity contribution in [2.24, 2.45) is 4.36 Å². The van der Waals surface area contributed by atoms with Crippen molar-refractivity contribution in [2.45, 2.75) is 32.1 Å². The monoisotopic (exact) mass is 310 g/mol. The molecule has 1 aliphatic rings. The Balaban J connectivity index is 1.92. The standard InChI is InChI=1S/C13H18N4OS2/c1-20(2,18)17-13-14-12(15-16-13)11-8-9-6-4-3-5-7-10(9)19-11/h8H,3-7H2,1-2H3,(H,14,15,16). The van der Waals surface area contributed by atoms with Gasteiger partial charge in [-0.1, -0.05) is 6.42 Å². The molecule has 0 spiro atoms. The highest BCUT2D eigenvalue weighted by Gasteiger charge is 2.15. The van der Waals surface area contributed by atoms with Gasteiger partial charge in [-0.25, -0.2) is 4.21 Å². The minimum atomic E-state index is -2.22. The second kappa shape index (κ2) is 5.29. The lowest BCUT2D eigenvalue weighted by Crippen LogP contribution is -1.89. The Morgan fingerprint density at radius 2 is 2.10 bits per heavy atom. The number of nitrogens with one attached hydrogen (secondary N) is 1. The molecule has 108 valence electrons. The lowest BCUT2D eigenvalue weighted by Gasteiger charge is -1.92. The van der Waals surface area contributed by atoms with E-state index in [0.29, 0.717) is 0 Å². The molecule has 7 heteroatoms. The summed E-state index contributed by atoms with van der Waals surface area (Å²) in [5, 5.41) is 6.93. The molecule has 1 aliphatic carbocycles. The molecule has 3 rings (SSSR count). The zero-order chi connectivity index (χ0) is 14.2. The molecule has 0 radical (unpaired) electrons. The Hall–Kier alpha value is -1.21. The van der Waals surface area contributed by atoms with Crippen LogP contribution in [0.2, 0.25) is 0 Å². The van der Waals surface area contributed by atoms with Crippen LogP contribution in [0, 0.1) is 0 Å². The number of nitrogens with zero attached hydrogens (tertiary/aromatic N) is 3. The van der Waals surface area contributed by atoms with Gasteiger partial charge < -0.3 is 0 Å². The fourth-order valence-corrected chi connectivity index (χ4v) is 4.05. The summed E-state index contributed by atoms with van der Waals surface area (Å²) < 4.78 is 15.7. The predicted molar refractivity (Wildman–Crippen MR) is 83.0 cm³/mol. The van der Waals surface area contributed by atoms with E-state index in [0.717, 1.165) is 17.1 Å². The lowest BCUT2D eigenvalue weighted by atomic mass is 10.1. The molecule has 0 aliphatic heterocycles. The molecular formula is C13H18N4OS2. The molecule has 0 fully saturated rings. The van der Waals surface area contributed by atoms with E-state index >= 15 is 0 Å². The van der Waals surface area contributed by atoms with Crippen molar-refractivity contribution in [1.29, 1.82) is 0 Å². The highest BCUT2D eigenvalue weighted by Crippen LogP contribution is 2.34. The Bertz CT molecular complexity index is 706. The van der Waals surface area contributed by atoms with Gasteiger partial charge in [0.05, 0.1) is 4.88 Å². The molecule has 0 unspecified atom stereocenters. The molecule has 2 heterocycles. The SMILES string of the molecule is CS(C)(=O)=Nc1n[nH]c(-c2cc3c(s2)CCCCC3)n1. The van der Waals surface area contributed by atoms with E-state index in [4.69, 9.17) is 0 Å². The normalized spacial score (nSPS) is 15.7. The Morgan fingerprint density at radius 3 is 2.90 bits per heavy atom. The van der Waals surface area contributed by atoms with E-state index < -0.39 is 9.73 Å². The van der Waals surface area contributed by atoms with Gasteiger partial charge >= 0.3 is 0 Å². The van der Waals surface area contributed by atoms with Crippen LogP contribution in [0.4, 0.5) is 5.95 Å². The first-order chi connectivity index (χ1) is 9.51. The van der Waals surface area contributed by atoms with Gasteiger partial charge in [0.15, 0.2) is 5.82 Å². The van der Waals surface area contributed by atoms with E-state index in [2.05, 4.69) is 25.6 Å². The van der Waals surface area contributed by atoms with Crippen LogP contribution in [0.1, 0.15) is 29.7 Å². The Kier molecular flexibility index (Phi) is 3.64. The van der Waals surface area contributed by atoms with Crippen LogP contribution in [-0.4, -0.2) is 31.9 Å². The first-order valence-electron chi connectivity index (χ1n) is 6.73. The van der Waals surface area contributed by atoms with Crippen LogP contribution in [0.5, 0.6) is 0 Å². The van der Waals surface area contributed by atoms with Gasteiger partial charge in [0, 0.05) is 27.1 Å². The quantitative estimate of drug-likeness (QED) is 0.866. The van der Waals surface area contributed by atoms with Crippen LogP contribution in [0.3, 0.4) is 0 Å². The summed E-state index contributed by atoms with van der Waals surface area (Å²) in [6, 6.07) is 2.21. The van der Waals surface area contributed by atoms with Crippen molar-refractivity contribution in [3.8, 4) is 10.7 Å². The summed E-state index contributed by atoms with van der Waals surface area (Å²) in [5.74, 6) is 1.00. The van der Waals surface area contributed by atoms with Gasteiger partial charge in [0.25, 0.3) is 5.95 Å². The van der Waals surface area contributed by atoms with E-state index in [1.807, 2.05) is 0 Å². The first kappa shape index (κ1) is 13.8. The molecule has 0 saturated heterocycles. The maximum absolute atomic E-state index is 11.6. The molecule has 0 amide bonds. The zero-order valence-corrected chi connectivity index (χ0v) is 13.3. The van der Waals surface area contributed by atoms with Crippen LogP contribution in [0.15, 0.2) is 10.4 Å². The molecule has 1 N–H and O–H groups in total. The minimum Gasteiger partial charge on any atom is -0.256 e. The topological polar surface area (TPSA) is 71.0 Å². The summed E-state index contributed by atoms with van der Waals surface area (Å²) in [5.41, 5.74) is 1.45. The van der Waals surface area contributed by atoms with E-state index in [1.165, 1.54) is 36.1 Å². The number of thiophene rings is 1. The van der Waals surface area contributed by atoms with Gasteiger partial charge in [0.2, 0.25) is 0 Å². The number of H-pyrrole nitrogens is 1. The number of rotatable bonds is 2. The van der Waals surface area contributed by atoms with Gasteiger partial charge in [-0.15, -0.1) is 16.4 Å². The average molecular weight is 310 g/mol. The number of aryl methyl sites for hydroxylation is 2. The molecule has 2 aromatic heterocycles. The predicted octanol–water partition coefficient (Wildman–Crippen LogP) is 3.16. The Labute approximate surface area is 123 Å². The molecule has 0 bridgehead atoms. The highest BCUT2D eigenvalue weighted by molar-refractivity contribution is 7.92. The van der Waals surface area contributed by atoms with Gasteiger partial charge in [-0.3, -0.25) is 5.10 Å². The summed E-state index contributed by atoms with van der Waals surface area (Å²) in [6.07, 6.45) is 9.36. The molecule has 0 aromatic carbocycles. The van der Waals surface area contributed by atoms with E-state index in [-0.39, 0.29) is 5.95 Å². The first-order valence-corrected chi connectivity index (χ1v) is 9.87. The van der Waals surface area contributed by atoms with Crippen molar-refractivity contribution in [2.75, 3.05) is 12.5 Å². The van der Waals surface area contributed by atoms with Crippen molar-refractivity contribution >= 4 is 27.0 Å². The molecule has 0 atom stereocenters. The van der Waals surface area contributed by atoms with Gasteiger partial charge in [0.1, 0.15) is 0 Å². The van der Waals surface area contributed by atoms with Crippen LogP contribution < -0.4 is 0 Å². The summed E-state index contributed by atoms with van der Waals surface area (Å²) >= 11 is 1.79. The molecule has 2 aromatic rings. The summed E-state index contributed by atoms with van der Waals surface area (Å²) in [7, 11) is -2.22. The highest BCUT2D eigenvalue weighted by atomic mass is 32.2. The smallest absolute Gasteiger partial charge is 0.256 e. The van der Waals surface area contributed by atoms with Crippen LogP contribution >= 0.6 is 11.3 Å². The molecule has 5 nitrogen and oxygen atoms in total. The maximum Gasteiger partial charge on any atom is 0.276 e. The largest absolute Gasteiger partial charge is 0.276 e. The fraction of sp³-hybridized carbons (Fsp3) is 0.538. The average Bonchev–Trinajstić information content (AvgIpc) is 2.90. The van der Waals surface area contributed by atoms with Crippen LogP contribution in [0.25, 0.3) is 10.7 Å². The summed E-state index contributed by atoms with van der Waals surface area (Å²) in [4.78, 5) is 6.91. The van der Waals surface area contributed by atoms with Crippen LogP contribution in [-0.2, 0) is 22.6 Å². The third kappa shape index (κ3) is 3.09. The number of aromatic nitrogens is 3. The van der Waals surface area contributed by atoms with Gasteiger partial charge in [-0.05, 0) is 37.3 Å². The molecular weight excluding hydrogens is 292 g/mol. The van der Waals surface area contributed by atoms with Gasteiger partial charge in [-0.2, -0.15) is 9.35 Å². The van der Waals surface area contributed by atoms with E-state index in [1.54, 1.807) is 23.8 Å². The van der Waals surface area contributed by atoms with E-state index in [9.17, 15) is 4.21 Å². The third-order valence-electron chi connectivity index (χ3n) is 3.26. The van der Waals surface area contributed by atoms with Crippen molar-refractivity contribution in [3.63, 3.8) is 0 Å². The molecule has 0 saturated carbocycles. The summed E-state index contributed by atoms with van der Waals surface area (Å²) in [6.45, 7) is 0. The second-order valence-corrected chi connectivity index (χ2v) is 9.06. The number of fused-ring (bicyclic) bond motifs is 1. The van der Waals surface area contributed by atoms with Crippen molar-refractivity contribution in [3.05, 3.63) is 16.5 Å². The second-order valence-electron chi connectivity index (χ2n) is 5.38. The number of hydrogen-bond acceptors (Lipinski definition) is 5. The zero-order valence-electron chi connectivity index (χ0n) is 11.7. The minimum absolute atomic E-state index is 0.276. The molecule has 20 heavy (non-hydrogen) atoms. The van der Waals surface area contributed by atoms with Crippen molar-refractivity contribution < 1.29 is 4.21 Å². The maximum atomic E-state index is 11.6. The third-order valence-corrected chi connectivity index (χ3v) is 5.10. The fourth-order valence-electron chi connectivity index (χ4n) is 2.38.